The molecular weight excluding hydrogens is 290 g/mol. The largest absolute Gasteiger partial charge is 0.381 e. The van der Waals surface area contributed by atoms with E-state index in [1.807, 2.05) is 0 Å². The molecule has 7 heteroatoms. The van der Waals surface area contributed by atoms with Crippen molar-refractivity contribution in [3.63, 3.8) is 0 Å². The highest BCUT2D eigenvalue weighted by Crippen LogP contribution is 2.29. The summed E-state index contributed by atoms with van der Waals surface area (Å²) in [5.41, 5.74) is -1.72. The molecule has 0 aliphatic rings. The van der Waals surface area contributed by atoms with Crippen LogP contribution in [0.5, 0.6) is 0 Å². The van der Waals surface area contributed by atoms with Crippen LogP contribution in [0.25, 0.3) is 0 Å². The molecule has 0 saturated carbocycles. The van der Waals surface area contributed by atoms with Gasteiger partial charge in [0, 0.05) is 17.7 Å². The van der Waals surface area contributed by atoms with Crippen molar-refractivity contribution in [2.45, 2.75) is 25.1 Å². The summed E-state index contributed by atoms with van der Waals surface area (Å²) in [6.07, 6.45) is 7.91. The van der Waals surface area contributed by atoms with Crippen LogP contribution in [-0.4, -0.2) is 32.5 Å². The lowest BCUT2D eigenvalue weighted by atomic mass is 9.86. The molecule has 1 aromatic carbocycles. The summed E-state index contributed by atoms with van der Waals surface area (Å²) in [5, 5.41) is 17.9. The first kappa shape index (κ1) is 16.1. The molecule has 1 heterocycles. The third-order valence-electron chi connectivity index (χ3n) is 3.49. The summed E-state index contributed by atoms with van der Waals surface area (Å²) in [7, 11) is 0. The second-order valence-corrected chi connectivity index (χ2v) is 4.95. The quantitative estimate of drug-likeness (QED) is 0.783. The molecular formula is C15H16F2N4O. The number of terminal acetylenes is 1. The first-order chi connectivity index (χ1) is 10.5. The minimum absolute atomic E-state index is 0.0404. The molecule has 1 aromatic heterocycles. The highest BCUT2D eigenvalue weighted by atomic mass is 19.1. The molecule has 0 saturated heterocycles. The zero-order chi connectivity index (χ0) is 16.2. The van der Waals surface area contributed by atoms with Gasteiger partial charge in [0.1, 0.15) is 29.9 Å². The average molecular weight is 306 g/mol. The fraction of sp³-hybridized carbons (Fsp3) is 0.333. The number of benzene rings is 1. The zero-order valence-electron chi connectivity index (χ0n) is 12.0. The lowest BCUT2D eigenvalue weighted by molar-refractivity contribution is -0.0189. The number of halogens is 2. The normalized spacial score (nSPS) is 15.0. The van der Waals surface area contributed by atoms with Gasteiger partial charge in [0.15, 0.2) is 0 Å². The highest BCUT2D eigenvalue weighted by Gasteiger charge is 2.38. The summed E-state index contributed by atoms with van der Waals surface area (Å²) >= 11 is 0. The molecule has 0 fully saturated rings. The smallest absolute Gasteiger partial charge is 0.137 e. The SMILES string of the molecule is C#CCN[C@@H](C)[C@@](O)(Cn1cncn1)c1ccc(F)cc1F. The van der Waals surface area contributed by atoms with Crippen molar-refractivity contribution in [3.8, 4) is 12.3 Å². The molecule has 22 heavy (non-hydrogen) atoms. The van der Waals surface area contributed by atoms with Crippen LogP contribution in [0.1, 0.15) is 12.5 Å². The van der Waals surface area contributed by atoms with E-state index in [1.165, 1.54) is 23.4 Å². The Morgan fingerprint density at radius 2 is 2.27 bits per heavy atom. The maximum atomic E-state index is 14.1. The van der Waals surface area contributed by atoms with Crippen LogP contribution in [0.2, 0.25) is 0 Å². The molecule has 0 aliphatic carbocycles. The summed E-state index contributed by atoms with van der Waals surface area (Å²) in [5.74, 6) is 0.844. The van der Waals surface area contributed by atoms with Gasteiger partial charge in [-0.05, 0) is 13.0 Å². The molecule has 0 aliphatic heterocycles. The molecule has 0 spiro atoms. The average Bonchev–Trinajstić information content (AvgIpc) is 2.97. The van der Waals surface area contributed by atoms with Gasteiger partial charge < -0.3 is 10.4 Å². The van der Waals surface area contributed by atoms with E-state index < -0.39 is 23.3 Å². The molecule has 0 bridgehead atoms. The zero-order valence-corrected chi connectivity index (χ0v) is 12.0. The summed E-state index contributed by atoms with van der Waals surface area (Å²) in [4.78, 5) is 3.79. The lowest BCUT2D eigenvalue weighted by Crippen LogP contribution is -2.50. The molecule has 2 rings (SSSR count). The monoisotopic (exact) mass is 306 g/mol. The Balaban J connectivity index is 2.41. The van der Waals surface area contributed by atoms with Crippen LogP contribution < -0.4 is 5.32 Å². The predicted octanol–water partition coefficient (Wildman–Crippen LogP) is 1.06. The van der Waals surface area contributed by atoms with E-state index in [2.05, 4.69) is 21.3 Å². The van der Waals surface area contributed by atoms with Crippen LogP contribution in [0, 0.1) is 24.0 Å². The number of aromatic nitrogens is 3. The van der Waals surface area contributed by atoms with Crippen molar-refractivity contribution in [2.75, 3.05) is 6.54 Å². The molecule has 116 valence electrons. The Morgan fingerprint density at radius 1 is 1.50 bits per heavy atom. The van der Waals surface area contributed by atoms with Crippen molar-refractivity contribution in [1.82, 2.24) is 20.1 Å². The highest BCUT2D eigenvalue weighted by molar-refractivity contribution is 5.27. The van der Waals surface area contributed by atoms with Crippen molar-refractivity contribution in [3.05, 3.63) is 48.1 Å². The van der Waals surface area contributed by atoms with Crippen molar-refractivity contribution in [1.29, 1.82) is 0 Å². The summed E-state index contributed by atoms with van der Waals surface area (Å²) in [6.45, 7) is 1.80. The number of nitrogens with zero attached hydrogens (tertiary/aromatic N) is 3. The van der Waals surface area contributed by atoms with Crippen LogP contribution in [0.3, 0.4) is 0 Å². The first-order valence-electron chi connectivity index (χ1n) is 6.64. The van der Waals surface area contributed by atoms with E-state index in [9.17, 15) is 13.9 Å². The van der Waals surface area contributed by atoms with Gasteiger partial charge in [0.05, 0.1) is 13.1 Å². The van der Waals surface area contributed by atoms with Gasteiger partial charge in [-0.3, -0.25) is 0 Å². The number of rotatable bonds is 6. The molecule has 0 amide bonds. The molecule has 2 atom stereocenters. The summed E-state index contributed by atoms with van der Waals surface area (Å²) < 4.78 is 28.6. The molecule has 0 radical (unpaired) electrons. The van der Waals surface area contributed by atoms with Gasteiger partial charge in [0.25, 0.3) is 0 Å². The Morgan fingerprint density at radius 3 is 2.86 bits per heavy atom. The minimum atomic E-state index is -1.68. The summed E-state index contributed by atoms with van der Waals surface area (Å²) in [6, 6.07) is 2.44. The van der Waals surface area contributed by atoms with Gasteiger partial charge in [0.2, 0.25) is 0 Å². The van der Waals surface area contributed by atoms with Gasteiger partial charge in [-0.2, -0.15) is 5.10 Å². The first-order valence-corrected chi connectivity index (χ1v) is 6.64. The third-order valence-corrected chi connectivity index (χ3v) is 3.49. The van der Waals surface area contributed by atoms with E-state index in [0.29, 0.717) is 0 Å². The van der Waals surface area contributed by atoms with E-state index in [-0.39, 0.29) is 18.7 Å². The fourth-order valence-electron chi connectivity index (χ4n) is 2.24. The molecule has 0 unspecified atom stereocenters. The third kappa shape index (κ3) is 3.30. The van der Waals surface area contributed by atoms with E-state index in [4.69, 9.17) is 6.42 Å². The van der Waals surface area contributed by atoms with Gasteiger partial charge in [-0.25, -0.2) is 18.4 Å². The van der Waals surface area contributed by atoms with Crippen LogP contribution in [0.15, 0.2) is 30.9 Å². The van der Waals surface area contributed by atoms with Crippen LogP contribution >= 0.6 is 0 Å². The van der Waals surface area contributed by atoms with E-state index in [1.54, 1.807) is 6.92 Å². The minimum Gasteiger partial charge on any atom is -0.381 e. The van der Waals surface area contributed by atoms with Crippen LogP contribution in [-0.2, 0) is 12.1 Å². The maximum absolute atomic E-state index is 14.1. The Labute approximate surface area is 127 Å². The second kappa shape index (κ2) is 6.64. The molecule has 5 nitrogen and oxygen atoms in total. The Bertz CT molecular complexity index is 669. The van der Waals surface area contributed by atoms with E-state index >= 15 is 0 Å². The fourth-order valence-corrected chi connectivity index (χ4v) is 2.24. The van der Waals surface area contributed by atoms with Gasteiger partial charge in [-0.15, -0.1) is 6.42 Å². The lowest BCUT2D eigenvalue weighted by Gasteiger charge is -2.35. The Hall–Kier alpha value is -2.30. The van der Waals surface area contributed by atoms with Crippen molar-refractivity contribution >= 4 is 0 Å². The Kier molecular flexibility index (Phi) is 4.85. The van der Waals surface area contributed by atoms with Gasteiger partial charge in [-0.1, -0.05) is 12.0 Å². The second-order valence-electron chi connectivity index (χ2n) is 4.95. The topological polar surface area (TPSA) is 63.0 Å². The maximum Gasteiger partial charge on any atom is 0.137 e. The predicted molar refractivity (Wildman–Crippen MR) is 76.6 cm³/mol. The van der Waals surface area contributed by atoms with Crippen molar-refractivity contribution < 1.29 is 13.9 Å². The molecule has 2 aromatic rings. The van der Waals surface area contributed by atoms with Gasteiger partial charge >= 0.3 is 0 Å². The standard InChI is InChI=1S/C15H16F2N4O/c1-3-6-19-11(2)15(22,8-21-10-18-9-20-21)13-5-4-12(16)7-14(13)17/h1,4-5,7,9-11,19,22H,6,8H2,2H3/t11-,15-/m0/s1. The van der Waals surface area contributed by atoms with E-state index in [0.717, 1.165) is 12.1 Å². The number of aliphatic hydroxyl groups is 1. The number of hydrogen-bond donors (Lipinski definition) is 2. The molecule has 2 N–H and O–H groups in total. The number of nitrogens with one attached hydrogen (secondary N) is 1. The van der Waals surface area contributed by atoms with Crippen LogP contribution in [0.4, 0.5) is 8.78 Å². The van der Waals surface area contributed by atoms with Crippen molar-refractivity contribution in [2.24, 2.45) is 0 Å². The number of hydrogen-bond acceptors (Lipinski definition) is 4.